The van der Waals surface area contributed by atoms with Crippen molar-refractivity contribution in [1.29, 1.82) is 0 Å². The van der Waals surface area contributed by atoms with Crippen molar-refractivity contribution in [1.82, 2.24) is 0 Å². The summed E-state index contributed by atoms with van der Waals surface area (Å²) < 4.78 is 21.9. The molecule has 0 atom stereocenters. The van der Waals surface area contributed by atoms with Crippen molar-refractivity contribution in [2.45, 2.75) is 0 Å². The molecule has 1 fully saturated rings. The highest BCUT2D eigenvalue weighted by molar-refractivity contribution is 8.27. The number of methoxy groups -OCH3 is 1. The number of benzene rings is 2. The second-order valence-corrected chi connectivity index (χ2v) is 8.57. The van der Waals surface area contributed by atoms with Gasteiger partial charge in [0.25, 0.3) is 11.6 Å². The first kappa shape index (κ1) is 21.0. The fourth-order valence-electron chi connectivity index (χ4n) is 3.42. The number of thiocarbonyl (C=S) groups is 1. The Balaban J connectivity index is 1.43. The van der Waals surface area contributed by atoms with Crippen LogP contribution in [-0.4, -0.2) is 29.1 Å². The van der Waals surface area contributed by atoms with Gasteiger partial charge in [0.15, 0.2) is 15.8 Å². The first-order chi connectivity index (χ1) is 15.9. The monoisotopic (exact) mass is 482 g/mol. The second-order valence-electron chi connectivity index (χ2n) is 6.90. The van der Waals surface area contributed by atoms with Gasteiger partial charge in [0, 0.05) is 12.1 Å². The molecule has 0 saturated carbocycles. The highest BCUT2D eigenvalue weighted by atomic mass is 32.2. The summed E-state index contributed by atoms with van der Waals surface area (Å²) in [5, 5.41) is 11.5. The Hall–Kier alpha value is -3.83. The van der Waals surface area contributed by atoms with Crippen molar-refractivity contribution >= 4 is 51.7 Å². The van der Waals surface area contributed by atoms with Crippen molar-refractivity contribution in [3.05, 3.63) is 69.3 Å². The maximum absolute atomic E-state index is 13.0. The molecule has 0 spiro atoms. The van der Waals surface area contributed by atoms with Gasteiger partial charge >= 0.3 is 0 Å². The average Bonchev–Trinajstić information content (AvgIpc) is 3.52. The van der Waals surface area contributed by atoms with Crippen molar-refractivity contribution in [2.75, 3.05) is 18.8 Å². The highest BCUT2D eigenvalue weighted by Gasteiger charge is 2.34. The number of amides is 1. The van der Waals surface area contributed by atoms with Crippen LogP contribution in [0, 0.1) is 10.1 Å². The Morgan fingerprint density at radius 1 is 1.15 bits per heavy atom. The maximum Gasteiger partial charge on any atom is 0.284 e. The predicted octanol–water partition coefficient (Wildman–Crippen LogP) is 5.00. The van der Waals surface area contributed by atoms with E-state index in [2.05, 4.69) is 0 Å². The molecule has 9 nitrogen and oxygen atoms in total. The van der Waals surface area contributed by atoms with E-state index in [4.69, 9.17) is 30.8 Å². The summed E-state index contributed by atoms with van der Waals surface area (Å²) in [6.07, 6.45) is 1.56. The van der Waals surface area contributed by atoms with E-state index in [0.29, 0.717) is 49.2 Å². The van der Waals surface area contributed by atoms with E-state index >= 15 is 0 Å². The highest BCUT2D eigenvalue weighted by Crippen LogP contribution is 2.41. The molecular formula is C22H14N2O7S2. The van der Waals surface area contributed by atoms with E-state index in [1.54, 1.807) is 48.5 Å². The molecule has 0 unspecified atom stereocenters. The van der Waals surface area contributed by atoms with Crippen LogP contribution in [0.1, 0.15) is 5.76 Å². The largest absolute Gasteiger partial charge is 0.497 e. The molecule has 2 aliphatic rings. The molecule has 0 bridgehead atoms. The number of ether oxygens (including phenoxy) is 3. The van der Waals surface area contributed by atoms with E-state index in [1.165, 1.54) is 18.1 Å². The number of hydrogen-bond acceptors (Lipinski definition) is 9. The molecular weight excluding hydrogens is 468 g/mol. The number of nitro benzene ring substituents is 1. The molecule has 1 amide bonds. The number of rotatable bonds is 5. The van der Waals surface area contributed by atoms with Crippen molar-refractivity contribution < 1.29 is 28.3 Å². The summed E-state index contributed by atoms with van der Waals surface area (Å²) in [6, 6.07) is 12.9. The minimum atomic E-state index is -0.503. The van der Waals surface area contributed by atoms with Crippen LogP contribution in [0.4, 0.5) is 11.4 Å². The lowest BCUT2D eigenvalue weighted by molar-refractivity contribution is -0.384. The van der Waals surface area contributed by atoms with Crippen LogP contribution in [-0.2, 0) is 4.79 Å². The van der Waals surface area contributed by atoms with E-state index in [0.717, 1.165) is 11.8 Å². The lowest BCUT2D eigenvalue weighted by atomic mass is 10.1. The van der Waals surface area contributed by atoms with Crippen LogP contribution >= 0.6 is 24.0 Å². The summed E-state index contributed by atoms with van der Waals surface area (Å²) in [5.74, 6) is 1.86. The van der Waals surface area contributed by atoms with Crippen LogP contribution in [0.5, 0.6) is 17.2 Å². The van der Waals surface area contributed by atoms with Gasteiger partial charge in [-0.2, -0.15) is 0 Å². The Labute approximate surface area is 196 Å². The third-order valence-electron chi connectivity index (χ3n) is 4.98. The lowest BCUT2D eigenvalue weighted by Gasteiger charge is -2.14. The Kier molecular flexibility index (Phi) is 5.27. The Bertz CT molecular complexity index is 1350. The molecule has 11 heteroatoms. The van der Waals surface area contributed by atoms with Gasteiger partial charge in [0.2, 0.25) is 6.79 Å². The molecule has 3 aromatic rings. The van der Waals surface area contributed by atoms with E-state index in [1.807, 2.05) is 0 Å². The summed E-state index contributed by atoms with van der Waals surface area (Å²) in [5.41, 5.74) is 0.719. The van der Waals surface area contributed by atoms with Crippen LogP contribution in [0.15, 0.2) is 57.9 Å². The molecule has 2 aliphatic heterocycles. The van der Waals surface area contributed by atoms with E-state index in [-0.39, 0.29) is 18.4 Å². The zero-order valence-electron chi connectivity index (χ0n) is 17.0. The van der Waals surface area contributed by atoms with E-state index < -0.39 is 4.92 Å². The number of thioether (sulfide) groups is 1. The predicted molar refractivity (Wildman–Crippen MR) is 126 cm³/mol. The third kappa shape index (κ3) is 3.81. The maximum atomic E-state index is 13.0. The minimum Gasteiger partial charge on any atom is -0.497 e. The smallest absolute Gasteiger partial charge is 0.284 e. The van der Waals surface area contributed by atoms with Crippen LogP contribution in [0.3, 0.4) is 0 Å². The zero-order chi connectivity index (χ0) is 23.1. The normalized spacial score (nSPS) is 16.0. The number of nitro groups is 1. The lowest BCUT2D eigenvalue weighted by Crippen LogP contribution is -2.27. The van der Waals surface area contributed by atoms with Gasteiger partial charge in [0.05, 0.1) is 34.3 Å². The molecule has 5 rings (SSSR count). The number of anilines is 1. The number of hydrogen-bond donors (Lipinski definition) is 0. The van der Waals surface area contributed by atoms with Gasteiger partial charge in [-0.3, -0.25) is 19.8 Å². The zero-order valence-corrected chi connectivity index (χ0v) is 18.6. The molecule has 33 heavy (non-hydrogen) atoms. The molecule has 2 aromatic carbocycles. The number of furan rings is 1. The van der Waals surface area contributed by atoms with Gasteiger partial charge in [-0.1, -0.05) is 24.0 Å². The topological polar surface area (TPSA) is 104 Å². The molecule has 1 aromatic heterocycles. The number of carbonyl (C=O) groups is 1. The first-order valence-corrected chi connectivity index (χ1v) is 10.8. The fourth-order valence-corrected chi connectivity index (χ4v) is 4.70. The first-order valence-electron chi connectivity index (χ1n) is 9.55. The van der Waals surface area contributed by atoms with Gasteiger partial charge in [-0.25, -0.2) is 0 Å². The fraction of sp³-hybridized carbons (Fsp3) is 0.0909. The average molecular weight is 482 g/mol. The quantitative estimate of drug-likeness (QED) is 0.215. The standard InChI is InChI=1S/C22H14N2O7S2/c1-28-13-3-5-15(16(9-13)24(26)27)17-7-4-14(31-17)10-20-21(25)23(22(32)33-20)12-2-6-18-19(8-12)30-11-29-18/h2-10H,11H2,1H3/b20-10+. The second kappa shape index (κ2) is 8.26. The summed E-state index contributed by atoms with van der Waals surface area (Å²) >= 11 is 6.54. The molecule has 1 saturated heterocycles. The number of nitrogens with zero attached hydrogens (tertiary/aromatic N) is 2. The molecule has 0 aliphatic carbocycles. The summed E-state index contributed by atoms with van der Waals surface area (Å²) in [6.45, 7) is 0.129. The third-order valence-corrected chi connectivity index (χ3v) is 6.28. The van der Waals surface area contributed by atoms with Crippen molar-refractivity contribution in [3.63, 3.8) is 0 Å². The Morgan fingerprint density at radius 2 is 1.97 bits per heavy atom. The van der Waals surface area contributed by atoms with Crippen molar-refractivity contribution in [3.8, 4) is 28.6 Å². The number of carbonyl (C=O) groups excluding carboxylic acids is 1. The van der Waals surface area contributed by atoms with Gasteiger partial charge in [-0.15, -0.1) is 0 Å². The van der Waals surface area contributed by atoms with Crippen molar-refractivity contribution in [2.24, 2.45) is 0 Å². The van der Waals surface area contributed by atoms with Gasteiger partial charge in [-0.05, 0) is 36.4 Å². The van der Waals surface area contributed by atoms with Gasteiger partial charge in [0.1, 0.15) is 17.3 Å². The van der Waals surface area contributed by atoms with Crippen LogP contribution in [0.2, 0.25) is 0 Å². The molecule has 0 N–H and O–H groups in total. The SMILES string of the molecule is COc1ccc(-c2ccc(/C=C3/SC(=S)N(c4ccc5c(c4)OCO5)C3=O)o2)c([N+](=O)[O-])c1. The minimum absolute atomic E-state index is 0.129. The summed E-state index contributed by atoms with van der Waals surface area (Å²) in [4.78, 5) is 25.8. The van der Waals surface area contributed by atoms with Crippen LogP contribution < -0.4 is 19.1 Å². The van der Waals surface area contributed by atoms with Gasteiger partial charge < -0.3 is 18.6 Å². The van der Waals surface area contributed by atoms with E-state index in [9.17, 15) is 14.9 Å². The molecule has 3 heterocycles. The number of fused-ring (bicyclic) bond motifs is 1. The Morgan fingerprint density at radius 3 is 2.76 bits per heavy atom. The molecule has 0 radical (unpaired) electrons. The summed E-state index contributed by atoms with van der Waals surface area (Å²) in [7, 11) is 1.43. The van der Waals surface area contributed by atoms with Crippen LogP contribution in [0.25, 0.3) is 17.4 Å². The molecule has 166 valence electrons.